The van der Waals surface area contributed by atoms with Gasteiger partial charge in [-0.25, -0.2) is 22.5 Å². The van der Waals surface area contributed by atoms with Gasteiger partial charge in [0, 0.05) is 23.2 Å². The summed E-state index contributed by atoms with van der Waals surface area (Å²) in [5, 5.41) is 0.950. The van der Waals surface area contributed by atoms with Crippen LogP contribution in [0.4, 0.5) is 4.39 Å². The fraction of sp³-hybridized carbons (Fsp3) is 0.182. The summed E-state index contributed by atoms with van der Waals surface area (Å²) in [6, 6.07) is 11.7. The molecule has 2 heterocycles. The molecule has 0 radical (unpaired) electrons. The summed E-state index contributed by atoms with van der Waals surface area (Å²) in [5.41, 5.74) is 1.94. The van der Waals surface area contributed by atoms with Crippen molar-refractivity contribution in [2.75, 3.05) is 0 Å². The van der Waals surface area contributed by atoms with Gasteiger partial charge in [0.05, 0.1) is 16.6 Å². The van der Waals surface area contributed by atoms with Gasteiger partial charge in [-0.1, -0.05) is 18.2 Å². The normalized spacial score (nSPS) is 12.9. The zero-order chi connectivity index (χ0) is 22.2. The Morgan fingerprint density at radius 2 is 1.90 bits per heavy atom. The molecule has 0 aliphatic carbocycles. The molecule has 2 aromatic carbocycles. The lowest BCUT2D eigenvalue weighted by molar-refractivity contribution is 0.548. The molecule has 160 valence electrons. The molecular weight excluding hydrogens is 419 g/mol. The van der Waals surface area contributed by atoms with Gasteiger partial charge in [-0.05, 0) is 55.7 Å². The van der Waals surface area contributed by atoms with Gasteiger partial charge in [0.15, 0.2) is 0 Å². The minimum atomic E-state index is -4.01. The first kappa shape index (κ1) is 21.0. The molecular formula is C22H21FN4O3S. The number of benzene rings is 2. The van der Waals surface area contributed by atoms with Crippen molar-refractivity contribution >= 4 is 20.9 Å². The van der Waals surface area contributed by atoms with Crippen LogP contribution in [0.2, 0.25) is 0 Å². The van der Waals surface area contributed by atoms with Gasteiger partial charge in [0.1, 0.15) is 11.6 Å². The SMILES string of the molecule is Cc1nc(C(Cc2c[nH]c3ccccc23)NS(=O)(=O)c2ccc(F)c(C)c2)cc(=O)[nH]1. The van der Waals surface area contributed by atoms with Crippen LogP contribution in [0.5, 0.6) is 0 Å². The maximum absolute atomic E-state index is 13.6. The highest BCUT2D eigenvalue weighted by molar-refractivity contribution is 7.89. The standard InChI is InChI=1S/C22H21FN4O3S/c1-13-9-16(7-8-18(13)23)31(29,30)27-21(20-11-22(28)26-14(2)25-20)10-15-12-24-19-6-4-3-5-17(15)19/h3-9,11-12,21,24,27H,10H2,1-2H3,(H,25,26,28). The smallest absolute Gasteiger partial charge is 0.251 e. The number of fused-ring (bicyclic) bond motifs is 1. The summed E-state index contributed by atoms with van der Waals surface area (Å²) in [7, 11) is -4.01. The maximum atomic E-state index is 13.6. The fourth-order valence-electron chi connectivity index (χ4n) is 3.55. The average molecular weight is 441 g/mol. The molecule has 2 aromatic heterocycles. The Bertz CT molecular complexity index is 1430. The van der Waals surface area contributed by atoms with Crippen molar-refractivity contribution in [2.24, 2.45) is 0 Å². The van der Waals surface area contributed by atoms with Gasteiger partial charge in [0.25, 0.3) is 5.56 Å². The van der Waals surface area contributed by atoms with E-state index in [9.17, 15) is 17.6 Å². The Morgan fingerprint density at radius 3 is 2.65 bits per heavy atom. The van der Waals surface area contributed by atoms with E-state index in [1.165, 1.54) is 25.1 Å². The van der Waals surface area contributed by atoms with Crippen LogP contribution in [-0.2, 0) is 16.4 Å². The number of H-pyrrole nitrogens is 2. The molecule has 3 N–H and O–H groups in total. The molecule has 0 saturated heterocycles. The highest BCUT2D eigenvalue weighted by Crippen LogP contribution is 2.25. The van der Waals surface area contributed by atoms with E-state index >= 15 is 0 Å². The molecule has 1 unspecified atom stereocenters. The molecule has 0 bridgehead atoms. The van der Waals surface area contributed by atoms with Gasteiger partial charge in [0.2, 0.25) is 10.0 Å². The molecule has 0 amide bonds. The lowest BCUT2D eigenvalue weighted by Gasteiger charge is -2.19. The number of rotatable bonds is 6. The number of para-hydroxylation sites is 1. The van der Waals surface area contributed by atoms with Crippen LogP contribution in [0.3, 0.4) is 0 Å². The summed E-state index contributed by atoms with van der Waals surface area (Å²) in [5.74, 6) is -0.107. The predicted octanol–water partition coefficient (Wildman–Crippen LogP) is 3.27. The zero-order valence-electron chi connectivity index (χ0n) is 16.9. The van der Waals surface area contributed by atoms with E-state index in [1.54, 1.807) is 6.92 Å². The number of hydrogen-bond donors (Lipinski definition) is 3. The number of aromatic amines is 2. The molecule has 0 aliphatic heterocycles. The number of hydrogen-bond acceptors (Lipinski definition) is 4. The van der Waals surface area contributed by atoms with Crippen LogP contribution in [0, 0.1) is 19.7 Å². The second kappa shape index (κ2) is 8.09. The Balaban J connectivity index is 1.76. The van der Waals surface area contributed by atoms with Crippen molar-refractivity contribution in [3.8, 4) is 0 Å². The van der Waals surface area contributed by atoms with Gasteiger partial charge in [-0.15, -0.1) is 0 Å². The molecule has 7 nitrogen and oxygen atoms in total. The van der Waals surface area contributed by atoms with Crippen molar-refractivity contribution in [3.63, 3.8) is 0 Å². The van der Waals surface area contributed by atoms with Crippen molar-refractivity contribution in [3.05, 3.63) is 93.5 Å². The summed E-state index contributed by atoms with van der Waals surface area (Å²) in [4.78, 5) is 22.1. The number of aromatic nitrogens is 3. The van der Waals surface area contributed by atoms with Crippen LogP contribution in [0.1, 0.15) is 28.7 Å². The van der Waals surface area contributed by atoms with E-state index in [0.717, 1.165) is 22.5 Å². The number of nitrogens with zero attached hydrogens (tertiary/aromatic N) is 1. The minimum absolute atomic E-state index is 0.0584. The van der Waals surface area contributed by atoms with Crippen LogP contribution in [0.25, 0.3) is 10.9 Å². The second-order valence-corrected chi connectivity index (χ2v) is 9.12. The van der Waals surface area contributed by atoms with Crippen molar-refractivity contribution in [1.29, 1.82) is 0 Å². The van der Waals surface area contributed by atoms with Crippen LogP contribution in [-0.4, -0.2) is 23.4 Å². The average Bonchev–Trinajstić information content (AvgIpc) is 3.11. The highest BCUT2D eigenvalue weighted by Gasteiger charge is 2.25. The van der Waals surface area contributed by atoms with E-state index in [1.807, 2.05) is 30.5 Å². The van der Waals surface area contributed by atoms with Gasteiger partial charge >= 0.3 is 0 Å². The number of halogens is 1. The number of sulfonamides is 1. The molecule has 0 spiro atoms. The summed E-state index contributed by atoms with van der Waals surface area (Å²) in [6.45, 7) is 3.13. The first-order valence-corrected chi connectivity index (χ1v) is 11.1. The van der Waals surface area contributed by atoms with Gasteiger partial charge < -0.3 is 9.97 Å². The predicted molar refractivity (Wildman–Crippen MR) is 116 cm³/mol. The largest absolute Gasteiger partial charge is 0.361 e. The maximum Gasteiger partial charge on any atom is 0.251 e. The molecule has 4 aromatic rings. The summed E-state index contributed by atoms with van der Waals surface area (Å²) < 4.78 is 42.5. The van der Waals surface area contributed by atoms with Gasteiger partial charge in [-0.2, -0.15) is 0 Å². The third-order valence-electron chi connectivity index (χ3n) is 5.07. The van der Waals surface area contributed by atoms with Crippen LogP contribution in [0.15, 0.2) is 64.4 Å². The molecule has 9 heteroatoms. The third kappa shape index (κ3) is 4.42. The summed E-state index contributed by atoms with van der Waals surface area (Å²) in [6.07, 6.45) is 2.08. The first-order valence-electron chi connectivity index (χ1n) is 9.64. The summed E-state index contributed by atoms with van der Waals surface area (Å²) >= 11 is 0. The fourth-order valence-corrected chi connectivity index (χ4v) is 4.84. The van der Waals surface area contributed by atoms with Crippen LogP contribution < -0.4 is 10.3 Å². The lowest BCUT2D eigenvalue weighted by Crippen LogP contribution is -2.32. The number of nitrogens with one attached hydrogen (secondary N) is 3. The zero-order valence-corrected chi connectivity index (χ0v) is 17.8. The second-order valence-electron chi connectivity index (χ2n) is 7.40. The number of aryl methyl sites for hydroxylation is 2. The Labute approximate surface area is 178 Å². The monoisotopic (exact) mass is 440 g/mol. The van der Waals surface area contributed by atoms with Crippen molar-refractivity contribution < 1.29 is 12.8 Å². The van der Waals surface area contributed by atoms with E-state index in [-0.39, 0.29) is 22.4 Å². The quantitative estimate of drug-likeness (QED) is 0.428. The molecule has 1 atom stereocenters. The topological polar surface area (TPSA) is 108 Å². The van der Waals surface area contributed by atoms with E-state index in [4.69, 9.17) is 0 Å². The van der Waals surface area contributed by atoms with Crippen LogP contribution >= 0.6 is 0 Å². The van der Waals surface area contributed by atoms with E-state index < -0.39 is 21.9 Å². The molecule has 0 aliphatic rings. The van der Waals surface area contributed by atoms with E-state index in [0.29, 0.717) is 11.5 Å². The third-order valence-corrected chi connectivity index (χ3v) is 6.54. The Kier molecular flexibility index (Phi) is 5.47. The molecule has 0 saturated carbocycles. The van der Waals surface area contributed by atoms with Crippen molar-refractivity contribution in [2.45, 2.75) is 31.2 Å². The van der Waals surface area contributed by atoms with Crippen molar-refractivity contribution in [1.82, 2.24) is 19.7 Å². The van der Waals surface area contributed by atoms with Gasteiger partial charge in [-0.3, -0.25) is 4.79 Å². The lowest BCUT2D eigenvalue weighted by atomic mass is 10.0. The first-order chi connectivity index (χ1) is 14.7. The highest BCUT2D eigenvalue weighted by atomic mass is 32.2. The minimum Gasteiger partial charge on any atom is -0.361 e. The molecule has 4 rings (SSSR count). The molecule has 31 heavy (non-hydrogen) atoms. The van der Waals surface area contributed by atoms with E-state index in [2.05, 4.69) is 19.7 Å². The molecule has 0 fully saturated rings. The Hall–Kier alpha value is -3.30. The Morgan fingerprint density at radius 1 is 1.13 bits per heavy atom.